The standard InChI is InChI=1S/C14H19NO3/c1-9-7-12(16)3-4-13(9)14(17)15-10(2)11-5-6-18-8-11/h3-4,7,10-11,16H,5-6,8H2,1-2H3,(H,15,17). The highest BCUT2D eigenvalue weighted by molar-refractivity contribution is 5.95. The average molecular weight is 249 g/mol. The van der Waals surface area contributed by atoms with Gasteiger partial charge in [-0.1, -0.05) is 0 Å². The number of phenolic OH excluding ortho intramolecular Hbond substituents is 1. The zero-order valence-corrected chi connectivity index (χ0v) is 10.8. The Balaban J connectivity index is 2.02. The zero-order chi connectivity index (χ0) is 13.1. The van der Waals surface area contributed by atoms with Crippen molar-refractivity contribution in [1.82, 2.24) is 5.32 Å². The Hall–Kier alpha value is -1.55. The molecule has 1 aromatic carbocycles. The highest BCUT2D eigenvalue weighted by Crippen LogP contribution is 2.19. The number of nitrogens with one attached hydrogen (secondary N) is 1. The van der Waals surface area contributed by atoms with Gasteiger partial charge < -0.3 is 15.2 Å². The van der Waals surface area contributed by atoms with E-state index in [1.807, 2.05) is 13.8 Å². The van der Waals surface area contributed by atoms with Crippen molar-refractivity contribution < 1.29 is 14.6 Å². The maximum Gasteiger partial charge on any atom is 0.251 e. The van der Waals surface area contributed by atoms with Gasteiger partial charge in [-0.2, -0.15) is 0 Å². The van der Waals surface area contributed by atoms with Crippen molar-refractivity contribution in [3.05, 3.63) is 29.3 Å². The minimum absolute atomic E-state index is 0.0908. The van der Waals surface area contributed by atoms with Gasteiger partial charge in [0.15, 0.2) is 0 Å². The summed E-state index contributed by atoms with van der Waals surface area (Å²) in [4.78, 5) is 12.1. The Labute approximate surface area is 107 Å². The second-order valence-electron chi connectivity index (χ2n) is 4.89. The van der Waals surface area contributed by atoms with Crippen LogP contribution in [0.1, 0.15) is 29.3 Å². The number of aromatic hydroxyl groups is 1. The van der Waals surface area contributed by atoms with Crippen LogP contribution in [-0.2, 0) is 4.74 Å². The Morgan fingerprint density at radius 3 is 2.94 bits per heavy atom. The highest BCUT2D eigenvalue weighted by Gasteiger charge is 2.24. The molecule has 0 bridgehead atoms. The molecule has 1 aromatic rings. The quantitative estimate of drug-likeness (QED) is 0.859. The van der Waals surface area contributed by atoms with E-state index in [0.717, 1.165) is 25.2 Å². The van der Waals surface area contributed by atoms with E-state index in [0.29, 0.717) is 11.5 Å². The van der Waals surface area contributed by atoms with Crippen LogP contribution in [0.2, 0.25) is 0 Å². The number of carbonyl (C=O) groups excluding carboxylic acids is 1. The first-order valence-electron chi connectivity index (χ1n) is 6.26. The van der Waals surface area contributed by atoms with E-state index in [1.54, 1.807) is 12.1 Å². The van der Waals surface area contributed by atoms with E-state index < -0.39 is 0 Å². The molecule has 2 atom stereocenters. The number of hydrogen-bond donors (Lipinski definition) is 2. The Morgan fingerprint density at radius 2 is 2.33 bits per heavy atom. The van der Waals surface area contributed by atoms with Crippen LogP contribution < -0.4 is 5.32 Å². The minimum atomic E-state index is -0.0908. The van der Waals surface area contributed by atoms with E-state index in [-0.39, 0.29) is 17.7 Å². The Kier molecular flexibility index (Phi) is 3.87. The fourth-order valence-corrected chi connectivity index (χ4v) is 2.25. The van der Waals surface area contributed by atoms with Gasteiger partial charge in [0.1, 0.15) is 5.75 Å². The summed E-state index contributed by atoms with van der Waals surface area (Å²) < 4.78 is 5.32. The maximum absolute atomic E-state index is 12.1. The summed E-state index contributed by atoms with van der Waals surface area (Å²) in [5.41, 5.74) is 1.39. The molecule has 98 valence electrons. The third kappa shape index (κ3) is 2.82. The van der Waals surface area contributed by atoms with Crippen LogP contribution in [-0.4, -0.2) is 30.3 Å². The van der Waals surface area contributed by atoms with Crippen LogP contribution in [0.4, 0.5) is 0 Å². The van der Waals surface area contributed by atoms with E-state index in [9.17, 15) is 9.90 Å². The summed E-state index contributed by atoms with van der Waals surface area (Å²) in [6, 6.07) is 4.88. The van der Waals surface area contributed by atoms with Crippen LogP contribution in [0.3, 0.4) is 0 Å². The highest BCUT2D eigenvalue weighted by atomic mass is 16.5. The lowest BCUT2D eigenvalue weighted by Gasteiger charge is -2.19. The zero-order valence-electron chi connectivity index (χ0n) is 10.8. The topological polar surface area (TPSA) is 58.6 Å². The van der Waals surface area contributed by atoms with Gasteiger partial charge in [-0.3, -0.25) is 4.79 Å². The first-order valence-corrected chi connectivity index (χ1v) is 6.26. The number of carbonyl (C=O) groups is 1. The van der Waals surface area contributed by atoms with Crippen molar-refractivity contribution in [1.29, 1.82) is 0 Å². The van der Waals surface area contributed by atoms with E-state index in [1.165, 1.54) is 6.07 Å². The summed E-state index contributed by atoms with van der Waals surface area (Å²) in [6.07, 6.45) is 0.996. The molecule has 0 aromatic heterocycles. The monoisotopic (exact) mass is 249 g/mol. The lowest BCUT2D eigenvalue weighted by atomic mass is 10.00. The van der Waals surface area contributed by atoms with Crippen molar-refractivity contribution >= 4 is 5.91 Å². The van der Waals surface area contributed by atoms with Crippen molar-refractivity contribution in [3.63, 3.8) is 0 Å². The predicted octanol–water partition coefficient (Wildman–Crippen LogP) is 1.86. The molecule has 0 saturated carbocycles. The largest absolute Gasteiger partial charge is 0.508 e. The molecule has 0 aliphatic carbocycles. The first-order chi connectivity index (χ1) is 8.58. The van der Waals surface area contributed by atoms with Crippen LogP contribution in [0, 0.1) is 12.8 Å². The molecule has 18 heavy (non-hydrogen) atoms. The smallest absolute Gasteiger partial charge is 0.251 e. The van der Waals surface area contributed by atoms with E-state index in [2.05, 4.69) is 5.32 Å². The summed E-state index contributed by atoms with van der Waals surface area (Å²) in [6.45, 7) is 5.32. The van der Waals surface area contributed by atoms with Gasteiger partial charge >= 0.3 is 0 Å². The third-order valence-electron chi connectivity index (χ3n) is 3.49. The molecule has 1 amide bonds. The molecule has 1 saturated heterocycles. The van der Waals surface area contributed by atoms with Gasteiger partial charge in [0.25, 0.3) is 5.91 Å². The molecule has 2 unspecified atom stereocenters. The van der Waals surface area contributed by atoms with Crippen molar-refractivity contribution in [2.75, 3.05) is 13.2 Å². The Morgan fingerprint density at radius 1 is 1.56 bits per heavy atom. The van der Waals surface area contributed by atoms with Gasteiger partial charge in [-0.25, -0.2) is 0 Å². The minimum Gasteiger partial charge on any atom is -0.508 e. The second-order valence-corrected chi connectivity index (χ2v) is 4.89. The molecule has 1 aliphatic rings. The molecule has 0 radical (unpaired) electrons. The fraction of sp³-hybridized carbons (Fsp3) is 0.500. The van der Waals surface area contributed by atoms with Crippen LogP contribution in [0.25, 0.3) is 0 Å². The number of amides is 1. The molecule has 0 spiro atoms. The molecular weight excluding hydrogens is 230 g/mol. The summed E-state index contributed by atoms with van der Waals surface area (Å²) in [5.74, 6) is 0.486. The van der Waals surface area contributed by atoms with Gasteiger partial charge in [-0.15, -0.1) is 0 Å². The molecule has 1 aliphatic heterocycles. The first kappa shape index (κ1) is 12.9. The number of ether oxygens (including phenoxy) is 1. The Bertz CT molecular complexity index is 439. The predicted molar refractivity (Wildman–Crippen MR) is 68.7 cm³/mol. The molecule has 1 heterocycles. The number of rotatable bonds is 3. The van der Waals surface area contributed by atoms with Crippen LogP contribution in [0.5, 0.6) is 5.75 Å². The summed E-state index contributed by atoms with van der Waals surface area (Å²) in [5, 5.41) is 12.3. The number of phenols is 1. The maximum atomic E-state index is 12.1. The molecule has 4 heteroatoms. The molecular formula is C14H19NO3. The molecule has 2 N–H and O–H groups in total. The van der Waals surface area contributed by atoms with Crippen molar-refractivity contribution in [2.24, 2.45) is 5.92 Å². The molecule has 2 rings (SSSR count). The van der Waals surface area contributed by atoms with E-state index >= 15 is 0 Å². The number of benzene rings is 1. The lowest BCUT2D eigenvalue weighted by Crippen LogP contribution is -2.38. The molecule has 1 fully saturated rings. The number of aryl methyl sites for hydroxylation is 1. The summed E-state index contributed by atoms with van der Waals surface area (Å²) >= 11 is 0. The number of hydrogen-bond acceptors (Lipinski definition) is 3. The van der Waals surface area contributed by atoms with Crippen LogP contribution >= 0.6 is 0 Å². The van der Waals surface area contributed by atoms with E-state index in [4.69, 9.17) is 4.74 Å². The van der Waals surface area contributed by atoms with Gasteiger partial charge in [-0.05, 0) is 44.0 Å². The van der Waals surface area contributed by atoms with Crippen molar-refractivity contribution in [2.45, 2.75) is 26.3 Å². The lowest BCUT2D eigenvalue weighted by molar-refractivity contribution is 0.0921. The molecule has 4 nitrogen and oxygen atoms in total. The fourth-order valence-electron chi connectivity index (χ4n) is 2.25. The van der Waals surface area contributed by atoms with Crippen LogP contribution in [0.15, 0.2) is 18.2 Å². The van der Waals surface area contributed by atoms with Crippen molar-refractivity contribution in [3.8, 4) is 5.75 Å². The second kappa shape index (κ2) is 5.40. The van der Waals surface area contributed by atoms with Gasteiger partial charge in [0.05, 0.1) is 6.61 Å². The third-order valence-corrected chi connectivity index (χ3v) is 3.49. The van der Waals surface area contributed by atoms with Gasteiger partial charge in [0, 0.05) is 24.1 Å². The van der Waals surface area contributed by atoms with Gasteiger partial charge in [0.2, 0.25) is 0 Å². The average Bonchev–Trinajstić information content (AvgIpc) is 2.81. The SMILES string of the molecule is Cc1cc(O)ccc1C(=O)NC(C)C1CCOC1. The summed E-state index contributed by atoms with van der Waals surface area (Å²) in [7, 11) is 0. The normalized spacial score (nSPS) is 20.7.